The maximum absolute atomic E-state index is 4.76. The van der Waals surface area contributed by atoms with Crippen molar-refractivity contribution in [2.75, 3.05) is 29.9 Å². The van der Waals surface area contributed by atoms with Crippen molar-refractivity contribution in [2.24, 2.45) is 0 Å². The van der Waals surface area contributed by atoms with E-state index in [4.69, 9.17) is 4.98 Å². The average Bonchev–Trinajstić information content (AvgIpc) is 3.18. The van der Waals surface area contributed by atoms with E-state index in [2.05, 4.69) is 27.1 Å². The summed E-state index contributed by atoms with van der Waals surface area (Å²) >= 11 is 1.84. The molecular formula is C24H34N5S+. The number of piperidine rings is 1. The Balaban J connectivity index is 1.56. The molecule has 0 saturated carbocycles. The molecule has 4 heterocycles. The summed E-state index contributed by atoms with van der Waals surface area (Å²) in [7, 11) is 0. The first-order chi connectivity index (χ1) is 14.9. The first kappa shape index (κ1) is 20.0. The Morgan fingerprint density at radius 2 is 1.83 bits per heavy atom. The van der Waals surface area contributed by atoms with Crippen LogP contribution in [0.2, 0.25) is 0 Å². The van der Waals surface area contributed by atoms with Crippen molar-refractivity contribution in [3.8, 4) is 0 Å². The Morgan fingerprint density at radius 3 is 2.67 bits per heavy atom. The minimum atomic E-state index is 0.987. The van der Waals surface area contributed by atoms with Crippen molar-refractivity contribution in [1.29, 1.82) is 0 Å². The number of nitrogens with one attached hydrogen (secondary N) is 2. The number of aryl methyl sites for hydroxylation is 1. The van der Waals surface area contributed by atoms with Crippen LogP contribution in [-0.4, -0.2) is 29.6 Å². The molecule has 2 N–H and O–H groups in total. The van der Waals surface area contributed by atoms with Crippen LogP contribution in [0.4, 0.5) is 11.6 Å². The standard InChI is InChI=1S/C24H33N5S/c1-2-3-4-8-13-25-22-21-20(26-16-27-22)19-17-11-6-7-12-18(17)23(28-24(19)30-21)29-14-9-5-10-15-29/h16H,2-15H2,1H3,(H,25,26,27)/p+1. The Labute approximate surface area is 183 Å². The van der Waals surface area contributed by atoms with Gasteiger partial charge in [-0.1, -0.05) is 37.5 Å². The molecule has 0 bridgehead atoms. The Kier molecular flexibility index (Phi) is 6.02. The van der Waals surface area contributed by atoms with Crippen LogP contribution in [-0.2, 0) is 12.8 Å². The van der Waals surface area contributed by atoms with E-state index >= 15 is 0 Å². The predicted molar refractivity (Wildman–Crippen MR) is 127 cm³/mol. The highest BCUT2D eigenvalue weighted by Gasteiger charge is 2.30. The number of hydrogen-bond donors (Lipinski definition) is 1. The van der Waals surface area contributed by atoms with Crippen LogP contribution in [0.25, 0.3) is 20.4 Å². The smallest absolute Gasteiger partial charge is 0.278 e. The van der Waals surface area contributed by atoms with Crippen molar-refractivity contribution in [2.45, 2.75) is 77.6 Å². The van der Waals surface area contributed by atoms with Gasteiger partial charge in [0.15, 0.2) is 4.83 Å². The molecule has 0 atom stereocenters. The number of thiophene rings is 1. The second-order valence-corrected chi connectivity index (χ2v) is 9.90. The maximum Gasteiger partial charge on any atom is 0.278 e. The lowest BCUT2D eigenvalue weighted by atomic mass is 9.89. The number of fused-ring (bicyclic) bond motifs is 5. The van der Waals surface area contributed by atoms with E-state index in [1.54, 1.807) is 17.5 Å². The maximum atomic E-state index is 4.76. The second kappa shape index (κ2) is 9.04. The van der Waals surface area contributed by atoms with E-state index in [9.17, 15) is 0 Å². The summed E-state index contributed by atoms with van der Waals surface area (Å²) in [4.78, 5) is 17.1. The molecule has 1 saturated heterocycles. The summed E-state index contributed by atoms with van der Waals surface area (Å²) in [6, 6.07) is 0. The predicted octanol–water partition coefficient (Wildman–Crippen LogP) is 5.52. The summed E-state index contributed by atoms with van der Waals surface area (Å²) in [5.41, 5.74) is 4.25. The minimum Gasteiger partial charge on any atom is -0.369 e. The Bertz CT molecular complexity index is 1020. The lowest BCUT2D eigenvalue weighted by Gasteiger charge is -2.25. The number of aromatic amines is 1. The molecule has 1 aliphatic carbocycles. The van der Waals surface area contributed by atoms with Crippen LogP contribution in [0, 0.1) is 0 Å². The van der Waals surface area contributed by atoms with Gasteiger partial charge in [0.1, 0.15) is 16.8 Å². The first-order valence-corrected chi connectivity index (χ1v) is 12.8. The molecule has 30 heavy (non-hydrogen) atoms. The van der Waals surface area contributed by atoms with Crippen molar-refractivity contribution >= 4 is 43.4 Å². The van der Waals surface area contributed by atoms with Crippen LogP contribution in [0.5, 0.6) is 0 Å². The zero-order valence-electron chi connectivity index (χ0n) is 18.2. The number of hydrogen-bond acceptors (Lipinski definition) is 5. The molecule has 160 valence electrons. The molecular weight excluding hydrogens is 390 g/mol. The van der Waals surface area contributed by atoms with Gasteiger partial charge in [-0.05, 0) is 56.9 Å². The molecule has 6 heteroatoms. The summed E-state index contributed by atoms with van der Waals surface area (Å²) < 4.78 is 1.21. The fraction of sp³-hybridized carbons (Fsp3) is 0.625. The molecule has 1 fully saturated rings. The fourth-order valence-electron chi connectivity index (χ4n) is 5.17. The number of H-pyrrole nitrogens is 1. The van der Waals surface area contributed by atoms with Gasteiger partial charge in [0.05, 0.1) is 24.0 Å². The summed E-state index contributed by atoms with van der Waals surface area (Å²) in [5.74, 6) is 2.40. The van der Waals surface area contributed by atoms with E-state index in [1.165, 1.54) is 104 Å². The molecule has 5 nitrogen and oxygen atoms in total. The summed E-state index contributed by atoms with van der Waals surface area (Å²) in [6.07, 6.45) is 15.8. The molecule has 3 aromatic heterocycles. The summed E-state index contributed by atoms with van der Waals surface area (Å²) in [6.45, 7) is 5.61. The van der Waals surface area contributed by atoms with E-state index in [-0.39, 0.29) is 0 Å². The molecule has 2 aliphatic rings. The van der Waals surface area contributed by atoms with Crippen molar-refractivity contribution in [1.82, 2.24) is 9.97 Å². The van der Waals surface area contributed by atoms with E-state index < -0.39 is 0 Å². The van der Waals surface area contributed by atoms with Gasteiger partial charge in [-0.15, -0.1) is 0 Å². The minimum absolute atomic E-state index is 0.987. The normalized spacial score (nSPS) is 16.9. The lowest BCUT2D eigenvalue weighted by molar-refractivity contribution is -0.328. The molecule has 5 rings (SSSR count). The van der Waals surface area contributed by atoms with Gasteiger partial charge in [0.25, 0.3) is 5.82 Å². The van der Waals surface area contributed by atoms with Gasteiger partial charge >= 0.3 is 0 Å². The topological polar surface area (TPSA) is 55.2 Å². The van der Waals surface area contributed by atoms with Gasteiger partial charge < -0.3 is 5.32 Å². The van der Waals surface area contributed by atoms with Crippen LogP contribution in [0.1, 0.15) is 75.8 Å². The second-order valence-electron chi connectivity index (χ2n) is 8.88. The number of anilines is 2. The number of unbranched alkanes of at least 4 members (excludes halogenated alkanes) is 3. The van der Waals surface area contributed by atoms with Gasteiger partial charge in [-0.3, -0.25) is 4.90 Å². The zero-order valence-corrected chi connectivity index (χ0v) is 19.0. The SMILES string of the molecule is CCCCCCNc1ncnc2c1sc1[nH+]c(N3CCCCC3)c3c(c12)CCCC3. The van der Waals surface area contributed by atoms with Gasteiger partial charge in [-0.25, -0.2) is 15.0 Å². The molecule has 0 unspecified atom stereocenters. The largest absolute Gasteiger partial charge is 0.369 e. The quantitative estimate of drug-likeness (QED) is 0.507. The molecule has 0 spiro atoms. The van der Waals surface area contributed by atoms with E-state index in [0.29, 0.717) is 0 Å². The lowest BCUT2D eigenvalue weighted by Crippen LogP contribution is -2.36. The monoisotopic (exact) mass is 424 g/mol. The van der Waals surface area contributed by atoms with E-state index in [0.717, 1.165) is 17.9 Å². The van der Waals surface area contributed by atoms with Crippen LogP contribution in [0.3, 0.4) is 0 Å². The number of nitrogens with zero attached hydrogens (tertiary/aromatic N) is 3. The molecule has 0 radical (unpaired) electrons. The number of rotatable bonds is 7. The van der Waals surface area contributed by atoms with Gasteiger partial charge in [0, 0.05) is 12.1 Å². The molecule has 0 aromatic carbocycles. The number of pyridine rings is 1. The van der Waals surface area contributed by atoms with E-state index in [1.807, 2.05) is 11.3 Å². The Morgan fingerprint density at radius 1 is 1.00 bits per heavy atom. The fourth-order valence-corrected chi connectivity index (χ4v) is 6.32. The average molecular weight is 425 g/mol. The van der Waals surface area contributed by atoms with Gasteiger partial charge in [0.2, 0.25) is 0 Å². The zero-order chi connectivity index (χ0) is 20.3. The summed E-state index contributed by atoms with van der Waals surface area (Å²) in [5, 5.41) is 4.96. The molecule has 0 amide bonds. The number of aromatic nitrogens is 3. The highest BCUT2D eigenvalue weighted by atomic mass is 32.1. The van der Waals surface area contributed by atoms with Gasteiger partial charge in [-0.2, -0.15) is 0 Å². The highest BCUT2D eigenvalue weighted by molar-refractivity contribution is 7.25. The third-order valence-electron chi connectivity index (χ3n) is 6.75. The van der Waals surface area contributed by atoms with Crippen LogP contribution >= 0.6 is 11.3 Å². The van der Waals surface area contributed by atoms with Crippen molar-refractivity contribution < 1.29 is 4.98 Å². The van der Waals surface area contributed by atoms with Crippen LogP contribution < -0.4 is 15.2 Å². The Hall–Kier alpha value is -1.95. The van der Waals surface area contributed by atoms with Crippen LogP contribution in [0.15, 0.2) is 6.33 Å². The highest BCUT2D eigenvalue weighted by Crippen LogP contribution is 2.41. The third-order valence-corrected chi connectivity index (χ3v) is 7.86. The molecule has 1 aliphatic heterocycles. The van der Waals surface area contributed by atoms with Crippen molar-refractivity contribution in [3.63, 3.8) is 0 Å². The third kappa shape index (κ3) is 3.75. The first-order valence-electron chi connectivity index (χ1n) is 12.0. The molecule has 3 aromatic rings. The van der Waals surface area contributed by atoms with Crippen molar-refractivity contribution in [3.05, 3.63) is 17.5 Å².